The number of benzene rings is 1. The van der Waals surface area contributed by atoms with Crippen LogP contribution in [0.15, 0.2) is 18.2 Å². The fourth-order valence-electron chi connectivity index (χ4n) is 0.971. The number of hydrogen-bond donors (Lipinski definition) is 1. The first-order valence-corrected chi connectivity index (χ1v) is 5.18. The van der Waals surface area contributed by atoms with Gasteiger partial charge >= 0.3 is 0 Å². The summed E-state index contributed by atoms with van der Waals surface area (Å²) in [5.41, 5.74) is 0.674. The second-order valence-electron chi connectivity index (χ2n) is 2.42. The zero-order chi connectivity index (χ0) is 9.84. The van der Waals surface area contributed by atoms with Gasteiger partial charge in [0.15, 0.2) is 11.1 Å². The molecule has 0 aliphatic heterocycles. The monoisotopic (exact) mass is 220 g/mol. The van der Waals surface area contributed by atoms with Crippen LogP contribution in [0.3, 0.4) is 0 Å². The van der Waals surface area contributed by atoms with Crippen molar-refractivity contribution in [2.75, 3.05) is 7.11 Å². The van der Waals surface area contributed by atoms with E-state index in [0.717, 1.165) is 0 Å². The summed E-state index contributed by atoms with van der Waals surface area (Å²) < 4.78 is 24.2. The zero-order valence-corrected chi connectivity index (χ0v) is 8.56. The van der Waals surface area contributed by atoms with E-state index in [2.05, 4.69) is 0 Å². The van der Waals surface area contributed by atoms with Crippen LogP contribution >= 0.6 is 11.6 Å². The molecule has 1 atom stereocenters. The van der Waals surface area contributed by atoms with E-state index < -0.39 is 11.1 Å². The van der Waals surface area contributed by atoms with E-state index in [1.54, 1.807) is 18.2 Å². The van der Waals surface area contributed by atoms with Gasteiger partial charge in [-0.1, -0.05) is 17.7 Å². The Morgan fingerprint density at radius 2 is 2.31 bits per heavy atom. The molecule has 0 bridgehead atoms. The lowest BCUT2D eigenvalue weighted by Gasteiger charge is -2.06. The Bertz CT molecular complexity index is 327. The molecule has 1 aromatic carbocycles. The third kappa shape index (κ3) is 2.99. The van der Waals surface area contributed by atoms with Gasteiger partial charge in [-0.05, 0) is 12.1 Å². The normalized spacial score (nSPS) is 12.5. The zero-order valence-electron chi connectivity index (χ0n) is 6.99. The first-order valence-electron chi connectivity index (χ1n) is 3.53. The molecule has 13 heavy (non-hydrogen) atoms. The topological polar surface area (TPSA) is 46.5 Å². The second kappa shape index (κ2) is 4.60. The molecule has 1 unspecified atom stereocenters. The standard InChI is InChI=1S/C8H9ClO3S/c1-12-8-4-7(9)3-2-6(8)5-13(10)11/h2-4H,5H2,1H3,(H,10,11). The molecule has 0 amide bonds. The molecule has 1 aromatic rings. The van der Waals surface area contributed by atoms with Gasteiger partial charge in [0.1, 0.15) is 5.75 Å². The molecule has 0 radical (unpaired) electrons. The van der Waals surface area contributed by atoms with E-state index in [4.69, 9.17) is 20.9 Å². The van der Waals surface area contributed by atoms with Gasteiger partial charge in [-0.3, -0.25) is 0 Å². The minimum absolute atomic E-state index is 0.0559. The molecule has 0 aromatic heterocycles. The molecule has 0 heterocycles. The fraction of sp³-hybridized carbons (Fsp3) is 0.250. The van der Waals surface area contributed by atoms with E-state index in [-0.39, 0.29) is 5.75 Å². The number of halogens is 1. The van der Waals surface area contributed by atoms with E-state index in [1.165, 1.54) is 7.11 Å². The quantitative estimate of drug-likeness (QED) is 0.794. The Morgan fingerprint density at radius 3 is 2.85 bits per heavy atom. The maximum atomic E-state index is 10.5. The molecule has 3 nitrogen and oxygen atoms in total. The molecule has 0 aliphatic carbocycles. The number of hydrogen-bond acceptors (Lipinski definition) is 2. The lowest BCUT2D eigenvalue weighted by Crippen LogP contribution is -1.96. The van der Waals surface area contributed by atoms with Crippen LogP contribution in [-0.2, 0) is 16.8 Å². The van der Waals surface area contributed by atoms with Crippen molar-refractivity contribution in [2.45, 2.75) is 5.75 Å². The highest BCUT2D eigenvalue weighted by molar-refractivity contribution is 7.78. The molecule has 0 fully saturated rings. The van der Waals surface area contributed by atoms with Crippen LogP contribution < -0.4 is 4.74 Å². The van der Waals surface area contributed by atoms with E-state index in [0.29, 0.717) is 16.3 Å². The first-order chi connectivity index (χ1) is 6.13. The minimum Gasteiger partial charge on any atom is -0.496 e. The summed E-state index contributed by atoms with van der Waals surface area (Å²) in [7, 11) is 1.50. The van der Waals surface area contributed by atoms with Gasteiger partial charge in [-0.25, -0.2) is 4.21 Å². The molecule has 72 valence electrons. The van der Waals surface area contributed by atoms with Gasteiger partial charge in [0.2, 0.25) is 0 Å². The lowest BCUT2D eigenvalue weighted by atomic mass is 10.2. The van der Waals surface area contributed by atoms with Gasteiger partial charge in [0, 0.05) is 10.6 Å². The predicted octanol–water partition coefficient (Wildman–Crippen LogP) is 2.07. The van der Waals surface area contributed by atoms with Gasteiger partial charge in [0.05, 0.1) is 12.9 Å². The molecule has 5 heteroatoms. The fourth-order valence-corrected chi connectivity index (χ4v) is 1.64. The molecule has 0 aliphatic rings. The number of methoxy groups -OCH3 is 1. The van der Waals surface area contributed by atoms with Crippen molar-refractivity contribution < 1.29 is 13.5 Å². The van der Waals surface area contributed by atoms with Gasteiger partial charge in [-0.15, -0.1) is 0 Å². The van der Waals surface area contributed by atoms with Gasteiger partial charge in [0.25, 0.3) is 0 Å². The van der Waals surface area contributed by atoms with E-state index in [9.17, 15) is 4.21 Å². The van der Waals surface area contributed by atoms with Crippen molar-refractivity contribution in [2.24, 2.45) is 0 Å². The third-order valence-electron chi connectivity index (χ3n) is 1.53. The highest BCUT2D eigenvalue weighted by atomic mass is 35.5. The Labute approximate surface area is 84.0 Å². The summed E-state index contributed by atoms with van der Waals surface area (Å²) in [6.07, 6.45) is 0. The Balaban J connectivity index is 2.99. The van der Waals surface area contributed by atoms with Crippen molar-refractivity contribution in [1.29, 1.82) is 0 Å². The van der Waals surface area contributed by atoms with Crippen LogP contribution in [0.1, 0.15) is 5.56 Å². The molecule has 0 saturated carbocycles. The average molecular weight is 221 g/mol. The van der Waals surface area contributed by atoms with Crippen LogP contribution in [0.2, 0.25) is 5.02 Å². The van der Waals surface area contributed by atoms with Crippen molar-refractivity contribution in [1.82, 2.24) is 0 Å². The predicted molar refractivity (Wildman–Crippen MR) is 52.5 cm³/mol. The smallest absolute Gasteiger partial charge is 0.157 e. The van der Waals surface area contributed by atoms with Crippen LogP contribution in [0, 0.1) is 0 Å². The maximum absolute atomic E-state index is 10.5. The van der Waals surface area contributed by atoms with Crippen molar-refractivity contribution >= 4 is 22.7 Å². The molecule has 0 saturated heterocycles. The summed E-state index contributed by atoms with van der Waals surface area (Å²) in [4.78, 5) is 0. The van der Waals surface area contributed by atoms with Crippen LogP contribution in [0.25, 0.3) is 0 Å². The number of ether oxygens (including phenoxy) is 1. The second-order valence-corrected chi connectivity index (χ2v) is 3.79. The van der Waals surface area contributed by atoms with Crippen LogP contribution in [0.4, 0.5) is 0 Å². The Morgan fingerprint density at radius 1 is 1.62 bits per heavy atom. The first kappa shape index (κ1) is 10.5. The Hall–Kier alpha value is -0.580. The summed E-state index contributed by atoms with van der Waals surface area (Å²) >= 11 is 3.86. The molecule has 1 rings (SSSR count). The highest BCUT2D eigenvalue weighted by Gasteiger charge is 2.05. The summed E-state index contributed by atoms with van der Waals surface area (Å²) in [6, 6.07) is 4.95. The lowest BCUT2D eigenvalue weighted by molar-refractivity contribution is 0.411. The number of rotatable bonds is 3. The third-order valence-corrected chi connectivity index (χ3v) is 2.32. The molecular weight excluding hydrogens is 212 g/mol. The minimum atomic E-state index is -1.86. The van der Waals surface area contributed by atoms with E-state index in [1.807, 2.05) is 0 Å². The van der Waals surface area contributed by atoms with Crippen LogP contribution in [0.5, 0.6) is 5.75 Å². The summed E-state index contributed by atoms with van der Waals surface area (Å²) in [5.74, 6) is 0.593. The molecule has 0 spiro atoms. The highest BCUT2D eigenvalue weighted by Crippen LogP contribution is 2.23. The van der Waals surface area contributed by atoms with Crippen molar-refractivity contribution in [3.63, 3.8) is 0 Å². The van der Waals surface area contributed by atoms with Gasteiger partial charge in [-0.2, -0.15) is 0 Å². The Kier molecular flexibility index (Phi) is 3.71. The summed E-state index contributed by atoms with van der Waals surface area (Å²) in [5, 5.41) is 0.546. The molecular formula is C8H9ClO3S. The van der Waals surface area contributed by atoms with Crippen molar-refractivity contribution in [3.05, 3.63) is 28.8 Å². The SMILES string of the molecule is COc1cc(Cl)ccc1CS(=O)O. The van der Waals surface area contributed by atoms with E-state index >= 15 is 0 Å². The summed E-state index contributed by atoms with van der Waals surface area (Å²) in [6.45, 7) is 0. The average Bonchev–Trinajstić information content (AvgIpc) is 2.07. The van der Waals surface area contributed by atoms with Gasteiger partial charge < -0.3 is 9.29 Å². The van der Waals surface area contributed by atoms with Crippen LogP contribution in [-0.4, -0.2) is 15.9 Å². The van der Waals surface area contributed by atoms with Crippen molar-refractivity contribution in [3.8, 4) is 5.75 Å². The molecule has 1 N–H and O–H groups in total. The maximum Gasteiger partial charge on any atom is 0.157 e. The largest absolute Gasteiger partial charge is 0.496 e.